The molecule has 0 aliphatic carbocycles. The van der Waals surface area contributed by atoms with Crippen molar-refractivity contribution in [1.82, 2.24) is 4.90 Å². The number of likely N-dealkylation sites (N-methyl/N-ethyl adjacent to an activating group) is 1. The van der Waals surface area contributed by atoms with Gasteiger partial charge >= 0.3 is 5.97 Å². The van der Waals surface area contributed by atoms with E-state index in [4.69, 9.17) is 5.11 Å². The Kier molecular flexibility index (Phi) is 6.91. The number of amides is 2. The molecule has 0 radical (unpaired) electrons. The zero-order valence-corrected chi connectivity index (χ0v) is 13.6. The maximum atomic E-state index is 11.9. The van der Waals surface area contributed by atoms with Crippen molar-refractivity contribution in [3.05, 3.63) is 29.8 Å². The number of benzene rings is 1. The van der Waals surface area contributed by atoms with Crippen LogP contribution in [0.15, 0.2) is 24.3 Å². The van der Waals surface area contributed by atoms with Crippen molar-refractivity contribution in [3.8, 4) is 0 Å². The van der Waals surface area contributed by atoms with Crippen molar-refractivity contribution in [3.63, 3.8) is 0 Å². The molecule has 2 N–H and O–H groups in total. The molecule has 0 bridgehead atoms. The largest absolute Gasteiger partial charge is 0.480 e. The Morgan fingerprint density at radius 2 is 1.86 bits per heavy atom. The van der Waals surface area contributed by atoms with Crippen LogP contribution in [0.2, 0.25) is 0 Å². The number of aryl methyl sites for hydroxylation is 1. The van der Waals surface area contributed by atoms with Gasteiger partial charge in [0.1, 0.15) is 6.54 Å². The van der Waals surface area contributed by atoms with Gasteiger partial charge < -0.3 is 15.3 Å². The van der Waals surface area contributed by atoms with Gasteiger partial charge in [-0.25, -0.2) is 0 Å². The molecule has 1 unspecified atom stereocenters. The lowest BCUT2D eigenvalue weighted by Crippen LogP contribution is -2.37. The molecule has 2 amide bonds. The number of nitrogens with zero attached hydrogens (tertiary/aromatic N) is 1. The van der Waals surface area contributed by atoms with E-state index in [1.165, 1.54) is 18.8 Å². The summed E-state index contributed by atoms with van der Waals surface area (Å²) in [5.41, 5.74) is 1.81. The monoisotopic (exact) mass is 324 g/mol. The molecule has 0 fully saturated rings. The lowest BCUT2D eigenvalue weighted by Gasteiger charge is -2.19. The number of hydrogen-bond donors (Lipinski definition) is 2. The highest BCUT2D eigenvalue weighted by Gasteiger charge is 2.20. The second-order valence-electron chi connectivity index (χ2n) is 4.96. The van der Waals surface area contributed by atoms with Crippen molar-refractivity contribution in [2.24, 2.45) is 0 Å². The van der Waals surface area contributed by atoms with E-state index in [1.807, 2.05) is 31.2 Å². The van der Waals surface area contributed by atoms with Crippen LogP contribution in [0.3, 0.4) is 0 Å². The van der Waals surface area contributed by atoms with Crippen LogP contribution in [-0.2, 0) is 14.4 Å². The summed E-state index contributed by atoms with van der Waals surface area (Å²) in [6, 6.07) is 7.42. The average Bonchev–Trinajstić information content (AvgIpc) is 2.45. The lowest BCUT2D eigenvalue weighted by molar-refractivity contribution is -0.143. The van der Waals surface area contributed by atoms with Gasteiger partial charge in [-0.1, -0.05) is 17.7 Å². The summed E-state index contributed by atoms with van der Waals surface area (Å²) in [7, 11) is 1.43. The summed E-state index contributed by atoms with van der Waals surface area (Å²) in [4.78, 5) is 35.4. The standard InChI is InChI=1S/C15H20N2O4S/c1-10-4-6-12(7-5-10)16-13(18)9-22-11(2)15(21)17(3)8-14(19)20/h4-7,11H,8-9H2,1-3H3,(H,16,18)(H,19,20). The Bertz CT molecular complexity index is 545. The zero-order chi connectivity index (χ0) is 16.7. The quantitative estimate of drug-likeness (QED) is 0.795. The molecule has 0 saturated heterocycles. The topological polar surface area (TPSA) is 86.7 Å². The fourth-order valence-corrected chi connectivity index (χ4v) is 2.49. The molecule has 0 aromatic heterocycles. The van der Waals surface area contributed by atoms with Gasteiger partial charge in [-0.2, -0.15) is 0 Å². The maximum absolute atomic E-state index is 11.9. The molecular weight excluding hydrogens is 304 g/mol. The summed E-state index contributed by atoms with van der Waals surface area (Å²) in [5, 5.41) is 10.9. The Morgan fingerprint density at radius 3 is 2.41 bits per heavy atom. The molecule has 1 rings (SSSR count). The number of aliphatic carboxylic acids is 1. The number of thioether (sulfide) groups is 1. The molecule has 120 valence electrons. The van der Waals surface area contributed by atoms with E-state index in [1.54, 1.807) is 6.92 Å². The van der Waals surface area contributed by atoms with Gasteiger partial charge in [-0.05, 0) is 26.0 Å². The number of rotatable bonds is 7. The van der Waals surface area contributed by atoms with E-state index >= 15 is 0 Å². The summed E-state index contributed by atoms with van der Waals surface area (Å²) < 4.78 is 0. The molecule has 22 heavy (non-hydrogen) atoms. The number of anilines is 1. The molecule has 1 atom stereocenters. The Morgan fingerprint density at radius 1 is 1.27 bits per heavy atom. The van der Waals surface area contributed by atoms with Crippen molar-refractivity contribution in [1.29, 1.82) is 0 Å². The minimum absolute atomic E-state index is 0.127. The first-order chi connectivity index (χ1) is 10.3. The number of carboxylic acids is 1. The summed E-state index contributed by atoms with van der Waals surface area (Å²) in [6.07, 6.45) is 0. The van der Waals surface area contributed by atoms with E-state index in [0.717, 1.165) is 10.5 Å². The molecule has 1 aromatic rings. The first-order valence-corrected chi connectivity index (χ1v) is 7.79. The molecule has 6 nitrogen and oxygen atoms in total. The smallest absolute Gasteiger partial charge is 0.323 e. The third-order valence-corrected chi connectivity index (χ3v) is 4.03. The average molecular weight is 324 g/mol. The van der Waals surface area contributed by atoms with Crippen LogP contribution in [0.4, 0.5) is 5.69 Å². The van der Waals surface area contributed by atoms with Gasteiger partial charge in [0.2, 0.25) is 11.8 Å². The summed E-state index contributed by atoms with van der Waals surface area (Å²) in [6.45, 7) is 3.27. The van der Waals surface area contributed by atoms with Gasteiger partial charge in [0.05, 0.1) is 11.0 Å². The second-order valence-corrected chi connectivity index (χ2v) is 6.28. The molecule has 7 heteroatoms. The van der Waals surface area contributed by atoms with Crippen molar-refractivity contribution >= 4 is 35.2 Å². The van der Waals surface area contributed by atoms with E-state index in [0.29, 0.717) is 5.69 Å². The minimum Gasteiger partial charge on any atom is -0.480 e. The normalized spacial score (nSPS) is 11.6. The number of carbonyl (C=O) groups excluding carboxylic acids is 2. The van der Waals surface area contributed by atoms with E-state index in [2.05, 4.69) is 5.32 Å². The highest BCUT2D eigenvalue weighted by atomic mass is 32.2. The minimum atomic E-state index is -1.06. The van der Waals surface area contributed by atoms with Crippen LogP contribution in [0.1, 0.15) is 12.5 Å². The van der Waals surface area contributed by atoms with Crippen LogP contribution in [0.5, 0.6) is 0 Å². The number of hydrogen-bond acceptors (Lipinski definition) is 4. The highest BCUT2D eigenvalue weighted by Crippen LogP contribution is 2.14. The number of nitrogens with one attached hydrogen (secondary N) is 1. The first kappa shape index (κ1) is 18.0. The molecule has 1 aromatic carbocycles. The van der Waals surface area contributed by atoms with Gasteiger partial charge in [0.15, 0.2) is 0 Å². The van der Waals surface area contributed by atoms with E-state index in [-0.39, 0.29) is 24.1 Å². The van der Waals surface area contributed by atoms with Crippen molar-refractivity contribution in [2.45, 2.75) is 19.1 Å². The van der Waals surface area contributed by atoms with Gasteiger partial charge in [0, 0.05) is 12.7 Å². The SMILES string of the molecule is Cc1ccc(NC(=O)CSC(C)C(=O)N(C)CC(=O)O)cc1. The van der Waals surface area contributed by atoms with Crippen LogP contribution in [0, 0.1) is 6.92 Å². The maximum Gasteiger partial charge on any atom is 0.323 e. The predicted molar refractivity (Wildman–Crippen MR) is 87.0 cm³/mol. The van der Waals surface area contributed by atoms with Crippen LogP contribution >= 0.6 is 11.8 Å². The van der Waals surface area contributed by atoms with E-state index < -0.39 is 11.2 Å². The van der Waals surface area contributed by atoms with Gasteiger partial charge in [0.25, 0.3) is 0 Å². The fourth-order valence-electron chi connectivity index (χ4n) is 1.70. The van der Waals surface area contributed by atoms with Crippen molar-refractivity contribution in [2.75, 3.05) is 24.7 Å². The summed E-state index contributed by atoms with van der Waals surface area (Å²) >= 11 is 1.17. The first-order valence-electron chi connectivity index (χ1n) is 6.74. The third kappa shape index (κ3) is 6.17. The fraction of sp³-hybridized carbons (Fsp3) is 0.400. The Balaban J connectivity index is 2.41. The van der Waals surface area contributed by atoms with Gasteiger partial charge in [-0.3, -0.25) is 14.4 Å². The van der Waals surface area contributed by atoms with Crippen LogP contribution in [-0.4, -0.2) is 52.4 Å². The molecule has 0 spiro atoms. The molecular formula is C15H20N2O4S. The molecule has 0 saturated carbocycles. The Labute approximate surface area is 133 Å². The number of carbonyl (C=O) groups is 3. The summed E-state index contributed by atoms with van der Waals surface area (Å²) in [5.74, 6) is -1.45. The lowest BCUT2D eigenvalue weighted by atomic mass is 10.2. The zero-order valence-electron chi connectivity index (χ0n) is 12.8. The third-order valence-electron chi connectivity index (χ3n) is 2.90. The number of carboxylic acid groups (broad SMARTS) is 1. The Hall–Kier alpha value is -2.02. The van der Waals surface area contributed by atoms with Crippen LogP contribution in [0.25, 0.3) is 0 Å². The van der Waals surface area contributed by atoms with Crippen LogP contribution < -0.4 is 5.32 Å². The highest BCUT2D eigenvalue weighted by molar-refractivity contribution is 8.01. The predicted octanol–water partition coefficient (Wildman–Crippen LogP) is 1.60. The molecule has 0 aliphatic heterocycles. The van der Waals surface area contributed by atoms with E-state index in [9.17, 15) is 14.4 Å². The molecule has 0 aliphatic rings. The second kappa shape index (κ2) is 8.43. The van der Waals surface area contributed by atoms with Gasteiger partial charge in [-0.15, -0.1) is 11.8 Å². The molecule has 0 heterocycles. The van der Waals surface area contributed by atoms with Crippen molar-refractivity contribution < 1.29 is 19.5 Å².